The molecular formula is C20H28N4O3. The van der Waals surface area contributed by atoms with Crippen LogP contribution in [0.15, 0.2) is 30.6 Å². The predicted molar refractivity (Wildman–Crippen MR) is 104 cm³/mol. The number of hydrogen-bond donors (Lipinski definition) is 1. The first-order valence-electron chi connectivity index (χ1n) is 9.25. The highest BCUT2D eigenvalue weighted by Gasteiger charge is 2.20. The van der Waals surface area contributed by atoms with Crippen LogP contribution in [-0.2, 0) is 17.8 Å². The van der Waals surface area contributed by atoms with Gasteiger partial charge in [0.05, 0.1) is 20.3 Å². The number of rotatable bonds is 9. The van der Waals surface area contributed by atoms with Gasteiger partial charge in [-0.15, -0.1) is 0 Å². The molecule has 1 atom stereocenters. The maximum atomic E-state index is 5.85. The van der Waals surface area contributed by atoms with Crippen LogP contribution in [0.1, 0.15) is 24.0 Å². The first-order chi connectivity index (χ1) is 13.2. The Morgan fingerprint density at radius 1 is 1.11 bits per heavy atom. The number of ether oxygens (including phenoxy) is 3. The molecule has 0 amide bonds. The van der Waals surface area contributed by atoms with Gasteiger partial charge in [-0.1, -0.05) is 6.07 Å². The second-order valence-corrected chi connectivity index (χ2v) is 6.66. The molecule has 1 saturated heterocycles. The van der Waals surface area contributed by atoms with Crippen molar-refractivity contribution in [3.63, 3.8) is 0 Å². The van der Waals surface area contributed by atoms with Crippen LogP contribution in [-0.4, -0.2) is 55.4 Å². The summed E-state index contributed by atoms with van der Waals surface area (Å²) in [6.07, 6.45) is 6.26. The Kier molecular flexibility index (Phi) is 6.84. The maximum Gasteiger partial charge on any atom is 0.222 e. The number of hydrogen-bond acceptors (Lipinski definition) is 7. The molecule has 7 heteroatoms. The molecule has 27 heavy (non-hydrogen) atoms. The van der Waals surface area contributed by atoms with Gasteiger partial charge in [-0.25, -0.2) is 9.97 Å². The molecule has 0 unspecified atom stereocenters. The number of nitrogens with one attached hydrogen (secondary N) is 1. The Morgan fingerprint density at radius 2 is 1.85 bits per heavy atom. The monoisotopic (exact) mass is 372 g/mol. The number of aromatic nitrogens is 2. The molecule has 146 valence electrons. The molecule has 0 spiro atoms. The Labute approximate surface area is 160 Å². The van der Waals surface area contributed by atoms with Crippen molar-refractivity contribution in [2.75, 3.05) is 39.7 Å². The first kappa shape index (κ1) is 19.4. The summed E-state index contributed by atoms with van der Waals surface area (Å²) in [5, 5.41) is 2.95. The molecule has 1 aromatic carbocycles. The Hall–Kier alpha value is -2.38. The van der Waals surface area contributed by atoms with E-state index >= 15 is 0 Å². The smallest absolute Gasteiger partial charge is 0.222 e. The van der Waals surface area contributed by atoms with E-state index in [1.807, 2.05) is 31.6 Å². The minimum absolute atomic E-state index is 0.280. The third-order valence-corrected chi connectivity index (χ3v) is 4.68. The van der Waals surface area contributed by atoms with Crippen molar-refractivity contribution in [3.05, 3.63) is 41.7 Å². The Balaban J connectivity index is 1.74. The zero-order valence-electron chi connectivity index (χ0n) is 16.3. The van der Waals surface area contributed by atoms with Crippen molar-refractivity contribution < 1.29 is 14.2 Å². The fourth-order valence-corrected chi connectivity index (χ4v) is 3.32. The highest BCUT2D eigenvalue weighted by atomic mass is 16.5. The topological polar surface area (TPSA) is 68.7 Å². The summed E-state index contributed by atoms with van der Waals surface area (Å²) in [6.45, 7) is 3.28. The number of benzene rings is 1. The molecule has 0 aliphatic carbocycles. The summed E-state index contributed by atoms with van der Waals surface area (Å²) in [6, 6.07) is 6.05. The maximum absolute atomic E-state index is 5.85. The van der Waals surface area contributed by atoms with Crippen LogP contribution < -0.4 is 14.8 Å². The van der Waals surface area contributed by atoms with Gasteiger partial charge in [0.2, 0.25) is 5.95 Å². The Morgan fingerprint density at radius 3 is 2.48 bits per heavy atom. The van der Waals surface area contributed by atoms with Gasteiger partial charge in [-0.2, -0.15) is 0 Å². The van der Waals surface area contributed by atoms with Crippen molar-refractivity contribution in [2.45, 2.75) is 32.0 Å². The van der Waals surface area contributed by atoms with Gasteiger partial charge in [-0.3, -0.25) is 4.90 Å². The fourth-order valence-electron chi connectivity index (χ4n) is 3.32. The van der Waals surface area contributed by atoms with E-state index < -0.39 is 0 Å². The highest BCUT2D eigenvalue weighted by molar-refractivity contribution is 5.42. The second kappa shape index (κ2) is 9.53. The third-order valence-electron chi connectivity index (χ3n) is 4.68. The lowest BCUT2D eigenvalue weighted by Gasteiger charge is -2.25. The molecule has 0 saturated carbocycles. The molecule has 1 aromatic heterocycles. The van der Waals surface area contributed by atoms with Crippen molar-refractivity contribution in [1.29, 1.82) is 0 Å². The minimum atomic E-state index is 0.280. The van der Waals surface area contributed by atoms with Crippen molar-refractivity contribution in [2.24, 2.45) is 0 Å². The van der Waals surface area contributed by atoms with Crippen LogP contribution in [0.25, 0.3) is 0 Å². The molecule has 1 aliphatic heterocycles. The first-order valence-corrected chi connectivity index (χ1v) is 9.25. The molecular weight excluding hydrogens is 344 g/mol. The molecule has 1 aliphatic rings. The molecule has 7 nitrogen and oxygen atoms in total. The van der Waals surface area contributed by atoms with E-state index in [9.17, 15) is 0 Å². The van der Waals surface area contributed by atoms with Gasteiger partial charge in [0, 0.05) is 51.2 Å². The van der Waals surface area contributed by atoms with Crippen LogP contribution in [0.2, 0.25) is 0 Å². The van der Waals surface area contributed by atoms with Crippen LogP contribution >= 0.6 is 0 Å². The van der Waals surface area contributed by atoms with E-state index in [4.69, 9.17) is 14.2 Å². The normalized spacial score (nSPS) is 16.5. The fraction of sp³-hybridized carbons (Fsp3) is 0.500. The van der Waals surface area contributed by atoms with Gasteiger partial charge in [0.25, 0.3) is 0 Å². The van der Waals surface area contributed by atoms with Gasteiger partial charge in [0.1, 0.15) is 0 Å². The lowest BCUT2D eigenvalue weighted by atomic mass is 10.1. The molecule has 0 bridgehead atoms. The van der Waals surface area contributed by atoms with Crippen LogP contribution in [0.3, 0.4) is 0 Å². The quantitative estimate of drug-likeness (QED) is 0.726. The van der Waals surface area contributed by atoms with E-state index in [0.29, 0.717) is 5.95 Å². The molecule has 2 heterocycles. The SMILES string of the molecule is CNc1ncc(CN(Cc2ccc(OC)c(OC)c2)C[C@@H]2CCCO2)cn1. The average Bonchev–Trinajstić information content (AvgIpc) is 3.21. The van der Waals surface area contributed by atoms with Crippen molar-refractivity contribution in [1.82, 2.24) is 14.9 Å². The van der Waals surface area contributed by atoms with Gasteiger partial charge in [0.15, 0.2) is 11.5 Å². The lowest BCUT2D eigenvalue weighted by Crippen LogP contribution is -2.31. The van der Waals surface area contributed by atoms with E-state index in [2.05, 4.69) is 26.3 Å². The third kappa shape index (κ3) is 5.30. The zero-order chi connectivity index (χ0) is 19.1. The number of anilines is 1. The minimum Gasteiger partial charge on any atom is -0.493 e. The van der Waals surface area contributed by atoms with Crippen molar-refractivity contribution in [3.8, 4) is 11.5 Å². The van der Waals surface area contributed by atoms with Gasteiger partial charge < -0.3 is 19.5 Å². The standard InChI is InChI=1S/C20H28N4O3/c1-21-20-22-10-16(11-23-20)13-24(14-17-5-4-8-27-17)12-15-6-7-18(25-2)19(9-15)26-3/h6-7,9-11,17H,4-5,8,12-14H2,1-3H3,(H,21,22,23)/t17-/m0/s1. The largest absolute Gasteiger partial charge is 0.493 e. The average molecular weight is 372 g/mol. The summed E-state index contributed by atoms with van der Waals surface area (Å²) >= 11 is 0. The van der Waals surface area contributed by atoms with E-state index in [1.165, 1.54) is 5.56 Å². The molecule has 1 fully saturated rings. The van der Waals surface area contributed by atoms with Crippen molar-refractivity contribution >= 4 is 5.95 Å². The summed E-state index contributed by atoms with van der Waals surface area (Å²) in [7, 11) is 5.12. The molecule has 1 N–H and O–H groups in total. The van der Waals surface area contributed by atoms with Gasteiger partial charge >= 0.3 is 0 Å². The summed E-state index contributed by atoms with van der Waals surface area (Å²) in [5.41, 5.74) is 2.24. The second-order valence-electron chi connectivity index (χ2n) is 6.66. The Bertz CT molecular complexity index is 718. The van der Waals surface area contributed by atoms with Crippen LogP contribution in [0.5, 0.6) is 11.5 Å². The van der Waals surface area contributed by atoms with E-state index in [1.54, 1.807) is 14.2 Å². The van der Waals surface area contributed by atoms with Gasteiger partial charge in [-0.05, 0) is 30.5 Å². The zero-order valence-corrected chi connectivity index (χ0v) is 16.3. The highest BCUT2D eigenvalue weighted by Crippen LogP contribution is 2.28. The summed E-state index contributed by atoms with van der Waals surface area (Å²) < 4.78 is 16.6. The lowest BCUT2D eigenvalue weighted by molar-refractivity contribution is 0.0678. The molecule has 0 radical (unpaired) electrons. The molecule has 2 aromatic rings. The summed E-state index contributed by atoms with van der Waals surface area (Å²) in [4.78, 5) is 11.0. The van der Waals surface area contributed by atoms with E-state index in [-0.39, 0.29) is 6.10 Å². The number of methoxy groups -OCH3 is 2. The molecule has 3 rings (SSSR count). The van der Waals surface area contributed by atoms with Crippen LogP contribution in [0.4, 0.5) is 5.95 Å². The van der Waals surface area contributed by atoms with E-state index in [0.717, 1.165) is 56.1 Å². The van der Waals surface area contributed by atoms with Crippen LogP contribution in [0, 0.1) is 0 Å². The predicted octanol–water partition coefficient (Wildman–Crippen LogP) is 2.72. The number of nitrogens with zero attached hydrogens (tertiary/aromatic N) is 3. The summed E-state index contributed by atoms with van der Waals surface area (Å²) in [5.74, 6) is 2.11.